The first-order valence-corrected chi connectivity index (χ1v) is 21.4. The Morgan fingerprint density at radius 1 is 0.847 bits per heavy atom. The van der Waals surface area contributed by atoms with Gasteiger partial charge in [0.1, 0.15) is 28.8 Å². The van der Waals surface area contributed by atoms with Gasteiger partial charge in [-0.25, -0.2) is 15.0 Å². The van der Waals surface area contributed by atoms with Crippen LogP contribution in [0.25, 0.3) is 22.6 Å². The lowest BCUT2D eigenvalue weighted by Gasteiger charge is -2.40. The van der Waals surface area contributed by atoms with Crippen molar-refractivity contribution in [2.45, 2.75) is 45.2 Å². The lowest BCUT2D eigenvalue weighted by Crippen LogP contribution is -2.52. The van der Waals surface area contributed by atoms with Crippen LogP contribution in [0, 0.1) is 12.8 Å². The van der Waals surface area contributed by atoms with Gasteiger partial charge in [-0.15, -0.1) is 0 Å². The Balaban J connectivity index is 0.734. The lowest BCUT2D eigenvalue weighted by atomic mass is 9.95. The first-order chi connectivity index (χ1) is 28.7. The van der Waals surface area contributed by atoms with Crippen LogP contribution in [0.3, 0.4) is 0 Å². The zero-order valence-corrected chi connectivity index (χ0v) is 34.8. The summed E-state index contributed by atoms with van der Waals surface area (Å²) in [6.07, 6.45) is 6.32. The van der Waals surface area contributed by atoms with E-state index >= 15 is 0 Å². The molecule has 17 heteroatoms. The van der Waals surface area contributed by atoms with Crippen LogP contribution < -0.4 is 25.3 Å². The van der Waals surface area contributed by atoms with E-state index in [1.54, 1.807) is 12.3 Å². The Labute approximate surface area is 350 Å². The van der Waals surface area contributed by atoms with Crippen molar-refractivity contribution in [1.29, 1.82) is 0 Å². The van der Waals surface area contributed by atoms with E-state index < -0.39 is 17.9 Å². The number of aryl methyl sites for hydroxylation is 1. The summed E-state index contributed by atoms with van der Waals surface area (Å²) in [4.78, 5) is 65.9. The molecule has 4 saturated heterocycles. The Hall–Kier alpha value is -5.39. The van der Waals surface area contributed by atoms with Crippen molar-refractivity contribution >= 4 is 61.9 Å². The number of amides is 3. The number of aromatic amines is 1. The predicted molar refractivity (Wildman–Crippen MR) is 227 cm³/mol. The maximum absolute atomic E-state index is 12.7. The van der Waals surface area contributed by atoms with Crippen LogP contribution in [0.5, 0.6) is 0 Å². The molecular formula is C42H49BrN12O4. The minimum atomic E-state index is -0.720. The number of nitrogens with one attached hydrogen (secondary N) is 3. The van der Waals surface area contributed by atoms with Gasteiger partial charge < -0.3 is 29.5 Å². The second-order valence-corrected chi connectivity index (χ2v) is 16.9. The van der Waals surface area contributed by atoms with E-state index in [2.05, 4.69) is 95.4 Å². The molecule has 0 aliphatic carbocycles. The SMILES string of the molecule is Cc1cc(CN2CCN(c3c(Br)cnc4nc(-c5ccc(N6CCN(CC7CCN(c8ccc(C(=O)N[C@H]9CCC(=O)NC9=O)nc8)CC7)CC6)cc5)[nH]c34)CC2)no1. The largest absolute Gasteiger partial charge is 0.370 e. The van der Waals surface area contributed by atoms with E-state index in [-0.39, 0.29) is 18.0 Å². The number of H-pyrrole nitrogens is 1. The molecule has 4 aromatic heterocycles. The van der Waals surface area contributed by atoms with Gasteiger partial charge in [0.15, 0.2) is 5.65 Å². The number of nitrogens with zero attached hydrogens (tertiary/aromatic N) is 9. The van der Waals surface area contributed by atoms with Crippen LogP contribution in [-0.2, 0) is 16.1 Å². The van der Waals surface area contributed by atoms with Gasteiger partial charge in [0.2, 0.25) is 11.8 Å². The van der Waals surface area contributed by atoms with Crippen LogP contribution >= 0.6 is 15.9 Å². The lowest BCUT2D eigenvalue weighted by molar-refractivity contribution is -0.134. The summed E-state index contributed by atoms with van der Waals surface area (Å²) in [6, 6.07) is 13.6. The normalized spacial score (nSPS) is 20.0. The highest BCUT2D eigenvalue weighted by molar-refractivity contribution is 9.10. The number of halogens is 1. The molecule has 3 N–H and O–H groups in total. The highest BCUT2D eigenvalue weighted by Gasteiger charge is 2.29. The molecule has 16 nitrogen and oxygen atoms in total. The molecule has 1 atom stereocenters. The summed E-state index contributed by atoms with van der Waals surface area (Å²) in [5, 5.41) is 9.13. The number of imidazole rings is 1. The van der Waals surface area contributed by atoms with E-state index in [0.717, 1.165) is 136 Å². The number of anilines is 3. The van der Waals surface area contributed by atoms with E-state index in [1.807, 2.05) is 25.3 Å². The molecule has 1 aromatic carbocycles. The van der Waals surface area contributed by atoms with Gasteiger partial charge in [-0.05, 0) is 84.4 Å². The van der Waals surface area contributed by atoms with Crippen LogP contribution in [0.1, 0.15) is 47.6 Å². The van der Waals surface area contributed by atoms with Crippen molar-refractivity contribution in [3.63, 3.8) is 0 Å². The average molecular weight is 866 g/mol. The summed E-state index contributed by atoms with van der Waals surface area (Å²) >= 11 is 3.78. The molecule has 308 valence electrons. The maximum atomic E-state index is 12.7. The molecule has 5 aromatic rings. The molecule has 0 bridgehead atoms. The summed E-state index contributed by atoms with van der Waals surface area (Å²) in [7, 11) is 0. The third-order valence-corrected chi connectivity index (χ3v) is 12.7. The number of hydrogen-bond acceptors (Lipinski definition) is 13. The van der Waals surface area contributed by atoms with E-state index in [9.17, 15) is 14.4 Å². The molecule has 0 radical (unpaired) electrons. The van der Waals surface area contributed by atoms with Gasteiger partial charge in [0, 0.05) is 108 Å². The smallest absolute Gasteiger partial charge is 0.270 e. The van der Waals surface area contributed by atoms with E-state index in [4.69, 9.17) is 9.51 Å². The van der Waals surface area contributed by atoms with Crippen molar-refractivity contribution in [3.05, 3.63) is 76.5 Å². The third-order valence-electron chi connectivity index (χ3n) is 12.1. The number of benzene rings is 1. The fourth-order valence-corrected chi connectivity index (χ4v) is 9.30. The quantitative estimate of drug-likeness (QED) is 0.173. The number of piperidine rings is 2. The molecule has 0 spiro atoms. The van der Waals surface area contributed by atoms with E-state index in [1.165, 1.54) is 5.69 Å². The molecule has 4 fully saturated rings. The Morgan fingerprint density at radius 2 is 1.56 bits per heavy atom. The number of pyridine rings is 2. The van der Waals surface area contributed by atoms with Gasteiger partial charge in [-0.1, -0.05) is 5.16 Å². The number of rotatable bonds is 10. The summed E-state index contributed by atoms with van der Waals surface area (Å²) < 4.78 is 6.22. The molecule has 0 saturated carbocycles. The number of fused-ring (bicyclic) bond motifs is 1. The zero-order valence-electron chi connectivity index (χ0n) is 33.2. The topological polar surface area (TPSA) is 172 Å². The molecule has 4 aliphatic rings. The number of carbonyl (C=O) groups is 3. The van der Waals surface area contributed by atoms with Crippen molar-refractivity contribution in [2.75, 3.05) is 86.7 Å². The Bertz CT molecular complexity index is 2290. The molecular weight excluding hydrogens is 816 g/mol. The van der Waals surface area contributed by atoms with Crippen LogP contribution in [0.4, 0.5) is 17.1 Å². The third kappa shape index (κ3) is 8.82. The fraction of sp³-hybridized carbons (Fsp3) is 0.452. The van der Waals surface area contributed by atoms with Crippen molar-refractivity contribution in [2.24, 2.45) is 5.92 Å². The number of piperazine rings is 2. The minimum absolute atomic E-state index is 0.210. The second-order valence-electron chi connectivity index (χ2n) is 16.1. The van der Waals surface area contributed by atoms with Gasteiger partial charge >= 0.3 is 0 Å². The first-order valence-electron chi connectivity index (χ1n) is 20.6. The molecule has 4 aliphatic heterocycles. The molecule has 3 amide bonds. The molecule has 9 rings (SSSR count). The number of carbonyl (C=O) groups excluding carboxylic acids is 3. The first kappa shape index (κ1) is 39.1. The summed E-state index contributed by atoms with van der Waals surface area (Å²) in [5.74, 6) is 1.10. The molecule has 8 heterocycles. The highest BCUT2D eigenvalue weighted by Crippen LogP contribution is 2.35. The van der Waals surface area contributed by atoms with E-state index in [0.29, 0.717) is 18.0 Å². The van der Waals surface area contributed by atoms with Crippen molar-refractivity contribution in [3.8, 4) is 11.4 Å². The van der Waals surface area contributed by atoms with Crippen molar-refractivity contribution < 1.29 is 18.9 Å². The molecule has 59 heavy (non-hydrogen) atoms. The standard InChI is InChI=1S/C42H49BrN12O4/c1-27-22-30(50-59-27)26-52-16-20-55(21-17-52)38-33(43)24-45-40-37(38)48-39(49-40)29-2-4-31(5-3-29)54-18-14-51(15-19-54)25-28-10-12-53(13-11-28)32-6-7-34(44-23-32)41(57)46-35-8-9-36(56)47-42(35)58/h2-7,22-24,28,35H,8-21,25-26H2,1H3,(H,46,57)(H,45,48,49)(H,47,56,58)/t35-/m0/s1. The van der Waals surface area contributed by atoms with Crippen LogP contribution in [-0.4, -0.2) is 131 Å². The number of hydrogen-bond donors (Lipinski definition) is 3. The zero-order chi connectivity index (χ0) is 40.5. The minimum Gasteiger partial charge on any atom is -0.370 e. The average Bonchev–Trinajstić information content (AvgIpc) is 3.88. The van der Waals surface area contributed by atoms with Gasteiger partial charge in [0.25, 0.3) is 5.91 Å². The summed E-state index contributed by atoms with van der Waals surface area (Å²) in [5.41, 5.74) is 7.25. The summed E-state index contributed by atoms with van der Waals surface area (Å²) in [6.45, 7) is 13.4. The second kappa shape index (κ2) is 17.1. The fourth-order valence-electron chi connectivity index (χ4n) is 8.75. The molecule has 0 unspecified atom stereocenters. The van der Waals surface area contributed by atoms with Crippen LogP contribution in [0.2, 0.25) is 0 Å². The Morgan fingerprint density at radius 3 is 2.25 bits per heavy atom. The van der Waals surface area contributed by atoms with Gasteiger partial charge in [-0.3, -0.25) is 29.5 Å². The van der Waals surface area contributed by atoms with Crippen molar-refractivity contribution in [1.82, 2.24) is 45.5 Å². The monoisotopic (exact) mass is 864 g/mol. The van der Waals surface area contributed by atoms with Gasteiger partial charge in [-0.2, -0.15) is 0 Å². The number of aromatic nitrogens is 5. The maximum Gasteiger partial charge on any atom is 0.270 e. The highest BCUT2D eigenvalue weighted by atomic mass is 79.9. The Kier molecular flexibility index (Phi) is 11.3. The number of imide groups is 1. The van der Waals surface area contributed by atoms with Crippen LogP contribution in [0.15, 0.2) is 63.9 Å². The predicted octanol–water partition coefficient (Wildman–Crippen LogP) is 3.97. The van der Waals surface area contributed by atoms with Gasteiger partial charge in [0.05, 0.1) is 27.7 Å².